The van der Waals surface area contributed by atoms with Crippen LogP contribution in [0, 0.1) is 0 Å². The van der Waals surface area contributed by atoms with Crippen LogP contribution in [-0.2, 0) is 0 Å². The number of carbonyl (C=O) groups excluding carboxylic acids is 1. The Morgan fingerprint density at radius 3 is 2.52 bits per heavy atom. The highest BCUT2D eigenvalue weighted by molar-refractivity contribution is 9.11. The van der Waals surface area contributed by atoms with Crippen molar-refractivity contribution in [3.8, 4) is 0 Å². The van der Waals surface area contributed by atoms with Crippen molar-refractivity contribution in [3.63, 3.8) is 0 Å². The molecule has 0 bridgehead atoms. The number of anilines is 2. The van der Waals surface area contributed by atoms with Crippen LogP contribution in [0.15, 0.2) is 25.6 Å². The standard InChI is InChI=1S/C12H11Br3N4OS/c1-2-3-16-12-19-18-11(21-12)10(20)17-9-7(14)4-6(13)5-8(9)15/h4-5H,2-3H2,1H3,(H,16,19)(H,17,20). The zero-order valence-electron chi connectivity index (χ0n) is 10.9. The molecule has 0 saturated carbocycles. The lowest BCUT2D eigenvalue weighted by atomic mass is 10.3. The molecule has 0 atom stereocenters. The molecule has 0 aliphatic rings. The van der Waals surface area contributed by atoms with Crippen LogP contribution in [0.3, 0.4) is 0 Å². The number of nitrogens with one attached hydrogen (secondary N) is 2. The van der Waals surface area contributed by atoms with E-state index >= 15 is 0 Å². The molecule has 0 aliphatic heterocycles. The minimum absolute atomic E-state index is 0.291. The van der Waals surface area contributed by atoms with Crippen molar-refractivity contribution in [1.82, 2.24) is 10.2 Å². The van der Waals surface area contributed by atoms with Gasteiger partial charge in [0.1, 0.15) is 0 Å². The second-order valence-electron chi connectivity index (χ2n) is 4.04. The van der Waals surface area contributed by atoms with Gasteiger partial charge in [-0.25, -0.2) is 0 Å². The van der Waals surface area contributed by atoms with Gasteiger partial charge >= 0.3 is 0 Å². The highest BCUT2D eigenvalue weighted by Crippen LogP contribution is 2.34. The molecule has 0 radical (unpaired) electrons. The SMILES string of the molecule is CCCNc1nnc(C(=O)Nc2c(Br)cc(Br)cc2Br)s1. The number of nitrogens with zero attached hydrogens (tertiary/aromatic N) is 2. The van der Waals surface area contributed by atoms with E-state index in [0.717, 1.165) is 26.4 Å². The number of benzene rings is 1. The van der Waals surface area contributed by atoms with E-state index in [1.54, 1.807) is 0 Å². The monoisotopic (exact) mass is 496 g/mol. The molecule has 2 N–H and O–H groups in total. The van der Waals surface area contributed by atoms with Crippen molar-refractivity contribution in [2.45, 2.75) is 13.3 Å². The molecule has 1 heterocycles. The third-order valence-corrected chi connectivity index (χ3v) is 4.98. The summed E-state index contributed by atoms with van der Waals surface area (Å²) < 4.78 is 2.44. The van der Waals surface area contributed by atoms with Crippen molar-refractivity contribution in [2.24, 2.45) is 0 Å². The molecule has 112 valence electrons. The minimum Gasteiger partial charge on any atom is -0.360 e. The predicted molar refractivity (Wildman–Crippen MR) is 96.2 cm³/mol. The van der Waals surface area contributed by atoms with Crippen molar-refractivity contribution >= 4 is 75.9 Å². The summed E-state index contributed by atoms with van der Waals surface area (Å²) in [7, 11) is 0. The first-order chi connectivity index (χ1) is 10.0. The van der Waals surface area contributed by atoms with Crippen LogP contribution < -0.4 is 10.6 Å². The van der Waals surface area contributed by atoms with E-state index in [1.165, 1.54) is 11.3 Å². The normalized spacial score (nSPS) is 10.5. The van der Waals surface area contributed by atoms with Gasteiger partial charge in [0.05, 0.1) is 5.69 Å². The fraction of sp³-hybridized carbons (Fsp3) is 0.250. The summed E-state index contributed by atoms with van der Waals surface area (Å²) in [4.78, 5) is 12.2. The number of hydrogen-bond acceptors (Lipinski definition) is 5. The number of hydrogen-bond donors (Lipinski definition) is 2. The third kappa shape index (κ3) is 4.48. The second kappa shape index (κ2) is 7.66. The Bertz CT molecular complexity index is 639. The molecule has 0 aliphatic carbocycles. The third-order valence-electron chi connectivity index (χ3n) is 2.39. The van der Waals surface area contributed by atoms with Gasteiger partial charge in [-0.2, -0.15) is 0 Å². The smallest absolute Gasteiger partial charge is 0.286 e. The van der Waals surface area contributed by atoms with Crippen LogP contribution in [0.5, 0.6) is 0 Å². The summed E-state index contributed by atoms with van der Waals surface area (Å²) in [5.74, 6) is -0.291. The topological polar surface area (TPSA) is 66.9 Å². The maximum Gasteiger partial charge on any atom is 0.286 e. The van der Waals surface area contributed by atoms with E-state index in [9.17, 15) is 4.79 Å². The Hall–Kier alpha value is -0.510. The van der Waals surface area contributed by atoms with Crippen molar-refractivity contribution in [2.75, 3.05) is 17.2 Å². The van der Waals surface area contributed by atoms with E-state index in [0.29, 0.717) is 15.8 Å². The van der Waals surface area contributed by atoms with Gasteiger partial charge in [0.25, 0.3) is 5.91 Å². The number of amides is 1. The lowest BCUT2D eigenvalue weighted by Gasteiger charge is -2.08. The number of aromatic nitrogens is 2. The summed E-state index contributed by atoms with van der Waals surface area (Å²) in [6, 6.07) is 3.71. The van der Waals surface area contributed by atoms with E-state index in [-0.39, 0.29) is 5.91 Å². The van der Waals surface area contributed by atoms with Crippen molar-refractivity contribution in [1.29, 1.82) is 0 Å². The number of halogens is 3. The van der Waals surface area contributed by atoms with E-state index in [4.69, 9.17) is 0 Å². The van der Waals surface area contributed by atoms with Crippen LogP contribution in [0.1, 0.15) is 23.1 Å². The Balaban J connectivity index is 2.13. The van der Waals surface area contributed by atoms with E-state index < -0.39 is 0 Å². The molecule has 5 nitrogen and oxygen atoms in total. The largest absolute Gasteiger partial charge is 0.360 e. The average molecular weight is 499 g/mol. The molecule has 1 aromatic carbocycles. The van der Waals surface area contributed by atoms with Crippen LogP contribution in [0.4, 0.5) is 10.8 Å². The molecule has 0 unspecified atom stereocenters. The van der Waals surface area contributed by atoms with Gasteiger partial charge in [-0.3, -0.25) is 4.79 Å². The molecule has 1 amide bonds. The van der Waals surface area contributed by atoms with Gasteiger partial charge in [0, 0.05) is 20.0 Å². The van der Waals surface area contributed by atoms with Gasteiger partial charge < -0.3 is 10.6 Å². The summed E-state index contributed by atoms with van der Waals surface area (Å²) in [5.41, 5.74) is 0.654. The predicted octanol–water partition coefficient (Wildman–Crippen LogP) is 4.90. The molecule has 0 saturated heterocycles. The Morgan fingerprint density at radius 1 is 1.24 bits per heavy atom. The maximum absolute atomic E-state index is 12.2. The summed E-state index contributed by atoms with van der Waals surface area (Å²) in [6.45, 7) is 2.87. The Labute approximate surface area is 151 Å². The lowest BCUT2D eigenvalue weighted by molar-refractivity contribution is 0.102. The zero-order valence-corrected chi connectivity index (χ0v) is 16.5. The highest BCUT2D eigenvalue weighted by atomic mass is 79.9. The lowest BCUT2D eigenvalue weighted by Crippen LogP contribution is -2.12. The minimum atomic E-state index is -0.291. The fourth-order valence-electron chi connectivity index (χ4n) is 1.45. The van der Waals surface area contributed by atoms with Gasteiger partial charge in [0.2, 0.25) is 10.1 Å². The maximum atomic E-state index is 12.2. The average Bonchev–Trinajstić information content (AvgIpc) is 2.89. The summed E-state index contributed by atoms with van der Waals surface area (Å²) >= 11 is 11.5. The molecule has 0 fully saturated rings. The quantitative estimate of drug-likeness (QED) is 0.615. The molecule has 2 rings (SSSR count). The number of rotatable bonds is 5. The summed E-state index contributed by atoms with van der Waals surface area (Å²) in [5, 5.41) is 14.7. The molecular formula is C12H11Br3N4OS. The summed E-state index contributed by atoms with van der Waals surface area (Å²) in [6.07, 6.45) is 0.986. The Kier molecular flexibility index (Phi) is 6.15. The zero-order chi connectivity index (χ0) is 15.4. The van der Waals surface area contributed by atoms with Gasteiger partial charge in [-0.1, -0.05) is 34.2 Å². The highest BCUT2D eigenvalue weighted by Gasteiger charge is 2.16. The van der Waals surface area contributed by atoms with Gasteiger partial charge in [0.15, 0.2) is 0 Å². The van der Waals surface area contributed by atoms with Crippen LogP contribution in [0.25, 0.3) is 0 Å². The fourth-order valence-corrected chi connectivity index (χ4v) is 4.57. The van der Waals surface area contributed by atoms with Crippen LogP contribution in [-0.4, -0.2) is 22.6 Å². The molecule has 0 spiro atoms. The first-order valence-electron chi connectivity index (χ1n) is 6.04. The number of carbonyl (C=O) groups is 1. The first-order valence-corrected chi connectivity index (χ1v) is 9.24. The first kappa shape index (κ1) is 16.9. The van der Waals surface area contributed by atoms with E-state index in [1.807, 2.05) is 12.1 Å². The van der Waals surface area contributed by atoms with Crippen molar-refractivity contribution in [3.05, 3.63) is 30.6 Å². The molecule has 9 heteroatoms. The molecule has 21 heavy (non-hydrogen) atoms. The molecular weight excluding hydrogens is 488 g/mol. The van der Waals surface area contributed by atoms with Crippen LogP contribution >= 0.6 is 59.1 Å². The van der Waals surface area contributed by atoms with Gasteiger partial charge in [-0.15, -0.1) is 10.2 Å². The van der Waals surface area contributed by atoms with E-state index in [2.05, 4.69) is 75.5 Å². The van der Waals surface area contributed by atoms with Crippen molar-refractivity contribution < 1.29 is 4.79 Å². The molecule has 2 aromatic rings. The second-order valence-corrected chi connectivity index (χ2v) is 7.64. The molecule has 1 aromatic heterocycles. The Morgan fingerprint density at radius 2 is 1.90 bits per heavy atom. The van der Waals surface area contributed by atoms with Crippen LogP contribution in [0.2, 0.25) is 0 Å². The van der Waals surface area contributed by atoms with Gasteiger partial charge in [-0.05, 0) is 50.4 Å².